The van der Waals surface area contributed by atoms with Gasteiger partial charge in [0.05, 0.1) is 23.9 Å². The van der Waals surface area contributed by atoms with Crippen molar-refractivity contribution in [1.29, 1.82) is 0 Å². The molecule has 1 aromatic carbocycles. The van der Waals surface area contributed by atoms with Gasteiger partial charge in [-0.25, -0.2) is 4.79 Å². The number of benzene rings is 1. The fourth-order valence-corrected chi connectivity index (χ4v) is 2.55. The van der Waals surface area contributed by atoms with Gasteiger partial charge < -0.3 is 15.2 Å². The van der Waals surface area contributed by atoms with Crippen LogP contribution in [0.4, 0.5) is 0 Å². The Morgan fingerprint density at radius 3 is 2.67 bits per heavy atom. The van der Waals surface area contributed by atoms with E-state index in [2.05, 4.69) is 10.4 Å². The molecule has 7 nitrogen and oxygen atoms in total. The average Bonchev–Trinajstić information content (AvgIpc) is 3.03. The van der Waals surface area contributed by atoms with Crippen LogP contribution in [-0.2, 0) is 16.1 Å². The molecule has 1 heterocycles. The lowest BCUT2D eigenvalue weighted by Crippen LogP contribution is -2.42. The highest BCUT2D eigenvalue weighted by Crippen LogP contribution is 2.16. The van der Waals surface area contributed by atoms with Gasteiger partial charge in [0.1, 0.15) is 6.04 Å². The molecule has 2 N–H and O–H groups in total. The molecule has 146 valence electrons. The van der Waals surface area contributed by atoms with E-state index in [1.807, 2.05) is 39.0 Å². The van der Waals surface area contributed by atoms with E-state index in [1.165, 1.54) is 6.20 Å². The van der Waals surface area contributed by atoms with E-state index in [0.717, 1.165) is 5.56 Å². The maximum Gasteiger partial charge on any atom is 0.326 e. The molecule has 27 heavy (non-hydrogen) atoms. The zero-order valence-corrected chi connectivity index (χ0v) is 16.4. The number of ether oxygens (including phenoxy) is 1. The van der Waals surface area contributed by atoms with Gasteiger partial charge >= 0.3 is 5.97 Å². The molecule has 0 aliphatic carbocycles. The first-order valence-electron chi connectivity index (χ1n) is 8.59. The van der Waals surface area contributed by atoms with Crippen LogP contribution >= 0.6 is 11.6 Å². The van der Waals surface area contributed by atoms with E-state index >= 15 is 0 Å². The van der Waals surface area contributed by atoms with Crippen LogP contribution in [-0.4, -0.2) is 45.0 Å². The third kappa shape index (κ3) is 6.69. The smallest absolute Gasteiger partial charge is 0.326 e. The molecule has 0 radical (unpaired) electrons. The molecule has 0 fully saturated rings. The maximum atomic E-state index is 12.4. The topological polar surface area (TPSA) is 93.5 Å². The SMILES string of the molecule is CC(C)(C)OCCC(NC(=O)c1cnn(Cc2ccccc2Cl)c1)C(=O)O. The number of carboxylic acid groups (broad SMARTS) is 1. The lowest BCUT2D eigenvalue weighted by Gasteiger charge is -2.21. The fraction of sp³-hybridized carbons (Fsp3) is 0.421. The number of amides is 1. The van der Waals surface area contributed by atoms with E-state index in [9.17, 15) is 14.7 Å². The number of nitrogens with zero attached hydrogens (tertiary/aromatic N) is 2. The van der Waals surface area contributed by atoms with E-state index in [4.69, 9.17) is 16.3 Å². The van der Waals surface area contributed by atoms with Gasteiger partial charge in [0.2, 0.25) is 0 Å². The molecular weight excluding hydrogens is 370 g/mol. The highest BCUT2D eigenvalue weighted by atomic mass is 35.5. The second-order valence-electron chi connectivity index (χ2n) is 7.13. The molecule has 0 aliphatic rings. The van der Waals surface area contributed by atoms with Crippen LogP contribution < -0.4 is 5.32 Å². The molecule has 2 rings (SSSR count). The van der Waals surface area contributed by atoms with Gasteiger partial charge in [-0.15, -0.1) is 0 Å². The molecule has 0 saturated carbocycles. The number of aromatic nitrogens is 2. The summed E-state index contributed by atoms with van der Waals surface area (Å²) in [7, 11) is 0. The lowest BCUT2D eigenvalue weighted by atomic mass is 10.1. The summed E-state index contributed by atoms with van der Waals surface area (Å²) in [6.07, 6.45) is 3.13. The number of carbonyl (C=O) groups excluding carboxylic acids is 1. The third-order valence-electron chi connectivity index (χ3n) is 3.73. The van der Waals surface area contributed by atoms with Gasteiger partial charge in [-0.2, -0.15) is 5.10 Å². The van der Waals surface area contributed by atoms with Crippen LogP contribution in [0.3, 0.4) is 0 Å². The number of rotatable bonds is 8. The molecule has 1 unspecified atom stereocenters. The fourth-order valence-electron chi connectivity index (χ4n) is 2.35. The van der Waals surface area contributed by atoms with Crippen molar-refractivity contribution < 1.29 is 19.4 Å². The van der Waals surface area contributed by atoms with E-state index < -0.39 is 17.9 Å². The Kier molecular flexibility index (Phi) is 6.98. The van der Waals surface area contributed by atoms with Crippen molar-refractivity contribution >= 4 is 23.5 Å². The molecule has 0 aliphatic heterocycles. The molecular formula is C19H24ClN3O4. The predicted octanol–water partition coefficient (Wildman–Crippen LogP) is 2.97. The van der Waals surface area contributed by atoms with E-state index in [-0.39, 0.29) is 24.2 Å². The normalized spacial score (nSPS) is 12.6. The Labute approximate surface area is 163 Å². The molecule has 0 saturated heterocycles. The first-order valence-corrected chi connectivity index (χ1v) is 8.97. The molecule has 1 atom stereocenters. The number of hydrogen-bond donors (Lipinski definition) is 2. The first-order chi connectivity index (χ1) is 12.7. The van der Waals surface area contributed by atoms with Gasteiger partial charge in [0.15, 0.2) is 0 Å². The molecule has 0 bridgehead atoms. The molecule has 1 aromatic heterocycles. The van der Waals surface area contributed by atoms with Crippen LogP contribution in [0.25, 0.3) is 0 Å². The van der Waals surface area contributed by atoms with Crippen LogP contribution in [0, 0.1) is 0 Å². The zero-order chi connectivity index (χ0) is 20.0. The monoisotopic (exact) mass is 393 g/mol. The number of carboxylic acids is 1. The van der Waals surface area contributed by atoms with Crippen LogP contribution in [0.15, 0.2) is 36.7 Å². The van der Waals surface area contributed by atoms with E-state index in [1.54, 1.807) is 16.9 Å². The zero-order valence-electron chi connectivity index (χ0n) is 15.6. The van der Waals surface area contributed by atoms with Crippen LogP contribution in [0.1, 0.15) is 43.1 Å². The van der Waals surface area contributed by atoms with Crippen LogP contribution in [0.5, 0.6) is 0 Å². The number of halogens is 1. The minimum absolute atomic E-state index is 0.173. The van der Waals surface area contributed by atoms with Crippen LogP contribution in [0.2, 0.25) is 5.02 Å². The molecule has 2 aromatic rings. The average molecular weight is 394 g/mol. The summed E-state index contributed by atoms with van der Waals surface area (Å²) >= 11 is 6.13. The summed E-state index contributed by atoms with van der Waals surface area (Å²) in [5.74, 6) is -1.60. The highest BCUT2D eigenvalue weighted by molar-refractivity contribution is 6.31. The lowest BCUT2D eigenvalue weighted by molar-refractivity contribution is -0.140. The second kappa shape index (κ2) is 9.01. The standard InChI is InChI=1S/C19H24ClN3O4/c1-19(2,3)27-9-8-16(18(25)26)22-17(24)14-10-21-23(12-14)11-13-6-4-5-7-15(13)20/h4-7,10,12,16H,8-9,11H2,1-3H3,(H,22,24)(H,25,26). The van der Waals surface area contributed by atoms with Crippen molar-refractivity contribution in [1.82, 2.24) is 15.1 Å². The van der Waals surface area contributed by atoms with Gasteiger partial charge in [0.25, 0.3) is 5.91 Å². The third-order valence-corrected chi connectivity index (χ3v) is 4.10. The number of hydrogen-bond acceptors (Lipinski definition) is 4. The molecule has 1 amide bonds. The first kappa shape index (κ1) is 20.9. The molecule has 0 spiro atoms. The summed E-state index contributed by atoms with van der Waals surface area (Å²) in [5.41, 5.74) is 0.786. The van der Waals surface area contributed by atoms with Crippen molar-refractivity contribution in [3.8, 4) is 0 Å². The van der Waals surface area contributed by atoms with Gasteiger partial charge in [-0.3, -0.25) is 9.48 Å². The Morgan fingerprint density at radius 2 is 2.04 bits per heavy atom. The summed E-state index contributed by atoms with van der Waals surface area (Å²) in [4.78, 5) is 23.8. The predicted molar refractivity (Wildman–Crippen MR) is 102 cm³/mol. The van der Waals surface area contributed by atoms with Gasteiger partial charge in [-0.05, 0) is 32.4 Å². The number of aliphatic carboxylic acids is 1. The van der Waals surface area contributed by atoms with Gasteiger partial charge in [-0.1, -0.05) is 29.8 Å². The quantitative estimate of drug-likeness (QED) is 0.719. The van der Waals surface area contributed by atoms with E-state index in [0.29, 0.717) is 11.6 Å². The second-order valence-corrected chi connectivity index (χ2v) is 7.54. The maximum absolute atomic E-state index is 12.4. The Balaban J connectivity index is 1.97. The molecule has 8 heteroatoms. The van der Waals surface area contributed by atoms with Crippen molar-refractivity contribution in [3.05, 3.63) is 52.8 Å². The van der Waals surface area contributed by atoms with Crippen molar-refractivity contribution in [2.75, 3.05) is 6.61 Å². The van der Waals surface area contributed by atoms with Crippen molar-refractivity contribution in [2.45, 2.75) is 45.4 Å². The largest absolute Gasteiger partial charge is 0.480 e. The number of carbonyl (C=O) groups is 2. The minimum Gasteiger partial charge on any atom is -0.480 e. The minimum atomic E-state index is -1.11. The van der Waals surface area contributed by atoms with Crippen molar-refractivity contribution in [3.63, 3.8) is 0 Å². The number of nitrogens with one attached hydrogen (secondary N) is 1. The summed E-state index contributed by atoms with van der Waals surface area (Å²) < 4.78 is 7.11. The Bertz CT molecular complexity index is 798. The summed E-state index contributed by atoms with van der Waals surface area (Å²) in [5, 5.41) is 16.6. The Morgan fingerprint density at radius 1 is 1.33 bits per heavy atom. The Hall–Kier alpha value is -2.38. The van der Waals surface area contributed by atoms with Gasteiger partial charge in [0, 0.05) is 24.2 Å². The highest BCUT2D eigenvalue weighted by Gasteiger charge is 2.22. The summed E-state index contributed by atoms with van der Waals surface area (Å²) in [6.45, 7) is 6.29. The van der Waals surface area contributed by atoms with Crippen molar-refractivity contribution in [2.24, 2.45) is 0 Å². The summed E-state index contributed by atoms with van der Waals surface area (Å²) in [6, 6.07) is 6.33.